The second-order valence-electron chi connectivity index (χ2n) is 5.24. The van der Waals surface area contributed by atoms with Gasteiger partial charge in [0.2, 0.25) is 0 Å². The van der Waals surface area contributed by atoms with Crippen molar-refractivity contribution in [2.75, 3.05) is 6.54 Å². The number of nitro groups is 1. The third-order valence-electron chi connectivity index (χ3n) is 2.95. The highest BCUT2D eigenvalue weighted by atomic mass is 16.6. The van der Waals surface area contributed by atoms with E-state index >= 15 is 0 Å². The Morgan fingerprint density at radius 2 is 2.10 bits per heavy atom. The number of nitro benzene ring substituents is 1. The molecule has 0 saturated carbocycles. The van der Waals surface area contributed by atoms with Crippen LogP contribution in [0.15, 0.2) is 18.2 Å². The highest BCUT2D eigenvalue weighted by Gasteiger charge is 2.21. The number of aryl methyl sites for hydroxylation is 1. The first-order chi connectivity index (χ1) is 9.25. The summed E-state index contributed by atoms with van der Waals surface area (Å²) < 4.78 is 0. The molecule has 6 heteroatoms. The lowest BCUT2D eigenvalue weighted by Gasteiger charge is -2.22. The Morgan fingerprint density at radius 1 is 1.45 bits per heavy atom. The Bertz CT molecular complexity index is 512. The maximum absolute atomic E-state index is 12.0. The van der Waals surface area contributed by atoms with Gasteiger partial charge in [-0.3, -0.25) is 14.9 Å². The number of carbonyl (C=O) groups excluding carboxylic acids is 1. The molecule has 1 aromatic carbocycles. The minimum Gasteiger partial charge on any atom is -0.388 e. The van der Waals surface area contributed by atoms with E-state index in [1.165, 1.54) is 12.1 Å². The number of aliphatic hydroxyl groups is 1. The van der Waals surface area contributed by atoms with Crippen molar-refractivity contribution in [1.29, 1.82) is 0 Å². The number of hydrogen-bond donors (Lipinski definition) is 2. The lowest BCUT2D eigenvalue weighted by molar-refractivity contribution is -0.384. The minimum absolute atomic E-state index is 0.113. The van der Waals surface area contributed by atoms with Crippen molar-refractivity contribution in [1.82, 2.24) is 5.32 Å². The van der Waals surface area contributed by atoms with E-state index in [1.54, 1.807) is 19.9 Å². The van der Waals surface area contributed by atoms with Crippen LogP contribution in [0.3, 0.4) is 0 Å². The maximum Gasteiger partial charge on any atom is 0.270 e. The molecule has 6 nitrogen and oxygen atoms in total. The Balaban J connectivity index is 2.80. The summed E-state index contributed by atoms with van der Waals surface area (Å²) in [6.07, 6.45) is 1.38. The van der Waals surface area contributed by atoms with Crippen LogP contribution in [0, 0.1) is 17.0 Å². The van der Waals surface area contributed by atoms with Crippen LogP contribution in [0.1, 0.15) is 42.6 Å². The molecule has 1 unspecified atom stereocenters. The predicted molar refractivity (Wildman–Crippen MR) is 75.7 cm³/mol. The van der Waals surface area contributed by atoms with Crippen LogP contribution in [-0.4, -0.2) is 28.1 Å². The number of rotatable bonds is 6. The normalized spacial score (nSPS) is 13.6. The molecule has 0 fully saturated rings. The number of benzene rings is 1. The highest BCUT2D eigenvalue weighted by molar-refractivity contribution is 5.95. The molecule has 110 valence electrons. The number of hydrogen-bond acceptors (Lipinski definition) is 4. The first-order valence-corrected chi connectivity index (χ1v) is 6.52. The number of non-ortho nitro benzene ring substituents is 1. The fourth-order valence-electron chi connectivity index (χ4n) is 2.00. The largest absolute Gasteiger partial charge is 0.388 e. The monoisotopic (exact) mass is 280 g/mol. The first kappa shape index (κ1) is 16.1. The number of nitrogens with one attached hydrogen (secondary N) is 1. The lowest BCUT2D eigenvalue weighted by Crippen LogP contribution is -2.40. The number of carbonyl (C=O) groups is 1. The van der Waals surface area contributed by atoms with Gasteiger partial charge in [-0.1, -0.05) is 13.3 Å². The van der Waals surface area contributed by atoms with Crippen LogP contribution in [0.2, 0.25) is 0 Å². The average molecular weight is 280 g/mol. The molecule has 1 atom stereocenters. The van der Waals surface area contributed by atoms with Crippen molar-refractivity contribution in [3.63, 3.8) is 0 Å². The molecule has 1 rings (SSSR count). The quantitative estimate of drug-likeness (QED) is 0.617. The molecular weight excluding hydrogens is 260 g/mol. The van der Waals surface area contributed by atoms with Gasteiger partial charge in [-0.05, 0) is 31.9 Å². The summed E-state index contributed by atoms with van der Waals surface area (Å²) in [6, 6.07) is 4.22. The molecule has 20 heavy (non-hydrogen) atoms. The third kappa shape index (κ3) is 4.62. The van der Waals surface area contributed by atoms with Crippen LogP contribution < -0.4 is 5.32 Å². The van der Waals surface area contributed by atoms with Crippen molar-refractivity contribution in [3.05, 3.63) is 39.4 Å². The summed E-state index contributed by atoms with van der Waals surface area (Å²) in [4.78, 5) is 22.2. The van der Waals surface area contributed by atoms with Crippen LogP contribution in [0.4, 0.5) is 5.69 Å². The zero-order valence-electron chi connectivity index (χ0n) is 12.0. The van der Waals surface area contributed by atoms with Crippen LogP contribution in [0.5, 0.6) is 0 Å². The molecule has 0 radical (unpaired) electrons. The van der Waals surface area contributed by atoms with Crippen LogP contribution in [-0.2, 0) is 0 Å². The topological polar surface area (TPSA) is 92.5 Å². The van der Waals surface area contributed by atoms with Gasteiger partial charge in [-0.15, -0.1) is 0 Å². The van der Waals surface area contributed by atoms with Crippen LogP contribution in [0.25, 0.3) is 0 Å². The van der Waals surface area contributed by atoms with Crippen molar-refractivity contribution in [3.8, 4) is 0 Å². The molecule has 2 N–H and O–H groups in total. The molecule has 0 aliphatic heterocycles. The zero-order chi connectivity index (χ0) is 15.3. The van der Waals surface area contributed by atoms with Gasteiger partial charge < -0.3 is 10.4 Å². The van der Waals surface area contributed by atoms with Gasteiger partial charge in [-0.25, -0.2) is 0 Å². The smallest absolute Gasteiger partial charge is 0.270 e. The average Bonchev–Trinajstić information content (AvgIpc) is 2.35. The van der Waals surface area contributed by atoms with Gasteiger partial charge in [0.25, 0.3) is 11.6 Å². The summed E-state index contributed by atoms with van der Waals surface area (Å²) in [5, 5.41) is 23.4. The molecule has 0 heterocycles. The van der Waals surface area contributed by atoms with Gasteiger partial charge in [0.1, 0.15) is 0 Å². The van der Waals surface area contributed by atoms with Crippen molar-refractivity contribution in [2.24, 2.45) is 0 Å². The third-order valence-corrected chi connectivity index (χ3v) is 2.95. The standard InChI is InChI=1S/C14H20N2O4/c1-4-5-14(3,18)9-15-13(17)11-6-10(2)7-12(8-11)16(19)20/h6-8,18H,4-5,9H2,1-3H3,(H,15,17). The van der Waals surface area contributed by atoms with Crippen molar-refractivity contribution < 1.29 is 14.8 Å². The van der Waals surface area contributed by atoms with Gasteiger partial charge in [0, 0.05) is 24.2 Å². The highest BCUT2D eigenvalue weighted by Crippen LogP contribution is 2.17. The summed E-state index contributed by atoms with van der Waals surface area (Å²) in [7, 11) is 0. The summed E-state index contributed by atoms with van der Waals surface area (Å²) in [5.74, 6) is -0.423. The fourth-order valence-corrected chi connectivity index (χ4v) is 2.00. The molecular formula is C14H20N2O4. The summed E-state index contributed by atoms with van der Waals surface area (Å²) in [6.45, 7) is 5.40. The molecule has 1 aromatic rings. The summed E-state index contributed by atoms with van der Waals surface area (Å²) in [5.41, 5.74) is -0.218. The Labute approximate surface area is 118 Å². The van der Waals surface area contributed by atoms with E-state index in [9.17, 15) is 20.0 Å². The molecule has 0 aliphatic rings. The molecule has 0 aliphatic carbocycles. The van der Waals surface area contributed by atoms with Crippen molar-refractivity contribution in [2.45, 2.75) is 39.2 Å². The van der Waals surface area contributed by atoms with E-state index in [1.807, 2.05) is 6.92 Å². The Hall–Kier alpha value is -1.95. The van der Waals surface area contributed by atoms with Gasteiger partial charge >= 0.3 is 0 Å². The Kier molecular flexibility index (Phi) is 5.21. The molecule has 0 bridgehead atoms. The second kappa shape index (κ2) is 6.47. The van der Waals surface area contributed by atoms with E-state index < -0.39 is 16.4 Å². The second-order valence-corrected chi connectivity index (χ2v) is 5.24. The van der Waals surface area contributed by atoms with E-state index in [4.69, 9.17) is 0 Å². The van der Waals surface area contributed by atoms with Crippen molar-refractivity contribution >= 4 is 11.6 Å². The molecule has 0 saturated heterocycles. The summed E-state index contributed by atoms with van der Waals surface area (Å²) >= 11 is 0. The van der Waals surface area contributed by atoms with Gasteiger partial charge in [0.15, 0.2) is 0 Å². The minimum atomic E-state index is -0.972. The van der Waals surface area contributed by atoms with E-state index in [0.29, 0.717) is 12.0 Å². The number of nitrogens with zero attached hydrogens (tertiary/aromatic N) is 1. The molecule has 0 aromatic heterocycles. The predicted octanol–water partition coefficient (Wildman–Crippen LogP) is 2.18. The maximum atomic E-state index is 12.0. The lowest BCUT2D eigenvalue weighted by atomic mass is 10.0. The zero-order valence-corrected chi connectivity index (χ0v) is 12.0. The van der Waals surface area contributed by atoms with Gasteiger partial charge in [-0.2, -0.15) is 0 Å². The first-order valence-electron chi connectivity index (χ1n) is 6.52. The number of amides is 1. The SMILES string of the molecule is CCCC(C)(O)CNC(=O)c1cc(C)cc([N+](=O)[O-])c1. The van der Waals surface area contributed by atoms with Gasteiger partial charge in [0.05, 0.1) is 10.5 Å². The van der Waals surface area contributed by atoms with E-state index in [0.717, 1.165) is 6.42 Å². The molecule has 1 amide bonds. The Morgan fingerprint density at radius 3 is 2.65 bits per heavy atom. The van der Waals surface area contributed by atoms with Crippen LogP contribution >= 0.6 is 0 Å². The fraction of sp³-hybridized carbons (Fsp3) is 0.500. The van der Waals surface area contributed by atoms with E-state index in [2.05, 4.69) is 5.32 Å². The van der Waals surface area contributed by atoms with E-state index in [-0.39, 0.29) is 17.8 Å². The molecule has 0 spiro atoms.